The number of fused-ring (bicyclic) bond motifs is 1. The van der Waals surface area contributed by atoms with Crippen LogP contribution in [0.15, 0.2) is 36.4 Å². The monoisotopic (exact) mass is 289 g/mol. The van der Waals surface area contributed by atoms with E-state index >= 15 is 0 Å². The molecule has 3 nitrogen and oxygen atoms in total. The molecule has 2 rings (SSSR count). The second-order valence-electron chi connectivity index (χ2n) is 5.82. The van der Waals surface area contributed by atoms with E-state index in [0.717, 1.165) is 5.56 Å². The van der Waals surface area contributed by atoms with E-state index in [0.29, 0.717) is 12.6 Å². The Morgan fingerprint density at radius 2 is 1.95 bits per heavy atom. The minimum absolute atomic E-state index is 0.612. The van der Waals surface area contributed by atoms with Crippen molar-refractivity contribution in [2.75, 3.05) is 6.61 Å². The van der Waals surface area contributed by atoms with Crippen molar-refractivity contribution in [2.45, 2.75) is 26.6 Å². The van der Waals surface area contributed by atoms with Crippen LogP contribution in [0, 0.1) is 0 Å². The molecule has 0 aliphatic heterocycles. The smallest absolute Gasteiger partial charge is 0.265 e. The summed E-state index contributed by atoms with van der Waals surface area (Å²) in [5.74, 6) is 0.628. The van der Waals surface area contributed by atoms with Gasteiger partial charge in [0.25, 0.3) is 5.95 Å². The summed E-state index contributed by atoms with van der Waals surface area (Å²) in [6.07, 6.45) is 4.11. The maximum atomic E-state index is 6.01. The Balaban J connectivity index is 2.43. The molecule has 0 atom stereocenters. The van der Waals surface area contributed by atoms with Gasteiger partial charge in [0.15, 0.2) is 0 Å². The summed E-state index contributed by atoms with van der Waals surface area (Å²) in [5, 5.41) is 1.21. The predicted octanol–water partition coefficient (Wildman–Crippen LogP) is 4.36. The molecule has 4 heteroatoms. The van der Waals surface area contributed by atoms with Gasteiger partial charge in [0, 0.05) is 35.8 Å². The highest BCUT2D eigenvalue weighted by molar-refractivity contribution is 6.70. The summed E-state index contributed by atoms with van der Waals surface area (Å²) in [4.78, 5) is 0. The Hall–Kier alpha value is -1.68. The summed E-state index contributed by atoms with van der Waals surface area (Å²) in [6.45, 7) is 9.06. The molecule has 0 aliphatic carbocycles. The van der Waals surface area contributed by atoms with E-state index in [1.807, 2.05) is 13.0 Å². The lowest BCUT2D eigenvalue weighted by Crippen LogP contribution is -2.25. The second-order valence-corrected chi connectivity index (χ2v) is 10.3. The van der Waals surface area contributed by atoms with Gasteiger partial charge in [-0.15, -0.1) is 0 Å². The fraction of sp³-hybridized carbons (Fsp3) is 0.375. The molecule has 0 N–H and O–H groups in total. The first kappa shape index (κ1) is 14.7. The average molecular weight is 289 g/mol. The zero-order valence-corrected chi connectivity index (χ0v) is 13.9. The third kappa shape index (κ3) is 3.45. The Morgan fingerprint density at radius 3 is 2.60 bits per heavy atom. The largest absolute Gasteiger partial charge is 0.520 e. The fourth-order valence-corrected chi connectivity index (χ4v) is 2.88. The molecule has 2 aromatic rings. The number of benzene rings is 1. The van der Waals surface area contributed by atoms with E-state index < -0.39 is 8.32 Å². The van der Waals surface area contributed by atoms with Crippen molar-refractivity contribution >= 4 is 25.3 Å². The second kappa shape index (κ2) is 5.75. The maximum Gasteiger partial charge on any atom is 0.265 e. The Morgan fingerprint density at radius 1 is 1.25 bits per heavy atom. The molecule has 0 saturated carbocycles. The minimum Gasteiger partial charge on any atom is -0.520 e. The van der Waals surface area contributed by atoms with Gasteiger partial charge < -0.3 is 13.7 Å². The first-order valence-electron chi connectivity index (χ1n) is 6.98. The lowest BCUT2D eigenvalue weighted by Gasteiger charge is -2.21. The number of rotatable bonds is 5. The number of nitrogens with zero attached hydrogens (tertiary/aromatic N) is 1. The van der Waals surface area contributed by atoms with Crippen LogP contribution < -0.4 is 0 Å². The Kier molecular flexibility index (Phi) is 4.23. The molecule has 0 unspecified atom stereocenters. The lowest BCUT2D eigenvalue weighted by molar-refractivity contribution is 0.117. The molecule has 0 aliphatic rings. The standard InChI is InChI=1S/C16H23NO2Si/c1-6-18-16(19-20(3,4)5)11-13-12-17(2)15-10-8-7-9-14(13)15/h7-12H,6H2,1-5H3/b16-11+. The van der Waals surface area contributed by atoms with Gasteiger partial charge in [-0.2, -0.15) is 0 Å². The van der Waals surface area contributed by atoms with Crippen LogP contribution in [0.2, 0.25) is 19.6 Å². The van der Waals surface area contributed by atoms with E-state index in [9.17, 15) is 0 Å². The molecule has 1 heterocycles. The Labute approximate surface area is 121 Å². The van der Waals surface area contributed by atoms with Gasteiger partial charge in [-0.25, -0.2) is 0 Å². The van der Waals surface area contributed by atoms with Gasteiger partial charge in [-0.3, -0.25) is 0 Å². The van der Waals surface area contributed by atoms with Crippen molar-refractivity contribution < 1.29 is 9.16 Å². The van der Waals surface area contributed by atoms with Crippen LogP contribution in [0.4, 0.5) is 0 Å². The van der Waals surface area contributed by atoms with Crippen molar-refractivity contribution in [1.29, 1.82) is 0 Å². The van der Waals surface area contributed by atoms with Gasteiger partial charge in [-0.05, 0) is 32.6 Å². The maximum absolute atomic E-state index is 6.01. The van der Waals surface area contributed by atoms with Gasteiger partial charge in [0.1, 0.15) is 0 Å². The van der Waals surface area contributed by atoms with Crippen molar-refractivity contribution in [2.24, 2.45) is 7.05 Å². The van der Waals surface area contributed by atoms with Crippen molar-refractivity contribution in [1.82, 2.24) is 4.57 Å². The van der Waals surface area contributed by atoms with Gasteiger partial charge >= 0.3 is 0 Å². The molecule has 0 saturated heterocycles. The highest BCUT2D eigenvalue weighted by atomic mass is 28.4. The zero-order valence-electron chi connectivity index (χ0n) is 12.9. The summed E-state index contributed by atoms with van der Waals surface area (Å²) < 4.78 is 13.8. The first-order valence-corrected chi connectivity index (χ1v) is 10.4. The quantitative estimate of drug-likeness (QED) is 0.603. The first-order chi connectivity index (χ1) is 9.40. The predicted molar refractivity (Wildman–Crippen MR) is 87.0 cm³/mol. The number of aromatic nitrogens is 1. The van der Waals surface area contributed by atoms with E-state index in [1.165, 1.54) is 10.9 Å². The minimum atomic E-state index is -1.67. The molecular formula is C16H23NO2Si. The number of aryl methyl sites for hydroxylation is 1. The molecular weight excluding hydrogens is 266 g/mol. The van der Waals surface area contributed by atoms with E-state index in [4.69, 9.17) is 9.16 Å². The molecule has 0 amide bonds. The molecule has 0 bridgehead atoms. The van der Waals surface area contributed by atoms with Crippen LogP contribution in [-0.2, 0) is 16.2 Å². The summed E-state index contributed by atoms with van der Waals surface area (Å²) >= 11 is 0. The third-order valence-corrected chi connectivity index (χ3v) is 3.71. The van der Waals surface area contributed by atoms with Crippen LogP contribution in [0.3, 0.4) is 0 Å². The Bertz CT molecular complexity index is 623. The zero-order chi connectivity index (χ0) is 14.8. The molecule has 0 radical (unpaired) electrons. The number of ether oxygens (including phenoxy) is 1. The van der Waals surface area contributed by atoms with E-state index in [2.05, 4.69) is 61.7 Å². The van der Waals surface area contributed by atoms with Crippen molar-refractivity contribution in [3.05, 3.63) is 42.0 Å². The van der Waals surface area contributed by atoms with Crippen LogP contribution in [0.1, 0.15) is 12.5 Å². The highest BCUT2D eigenvalue weighted by Gasteiger charge is 2.19. The molecule has 108 valence electrons. The number of hydrogen-bond acceptors (Lipinski definition) is 2. The van der Waals surface area contributed by atoms with Gasteiger partial charge in [0.05, 0.1) is 6.61 Å². The molecule has 0 fully saturated rings. The van der Waals surface area contributed by atoms with Gasteiger partial charge in [-0.1, -0.05) is 18.2 Å². The summed E-state index contributed by atoms with van der Waals surface area (Å²) in [5.41, 5.74) is 2.34. The molecule has 20 heavy (non-hydrogen) atoms. The van der Waals surface area contributed by atoms with Crippen LogP contribution in [-0.4, -0.2) is 19.5 Å². The van der Waals surface area contributed by atoms with Crippen LogP contribution in [0.25, 0.3) is 17.0 Å². The number of para-hydroxylation sites is 1. The topological polar surface area (TPSA) is 23.4 Å². The van der Waals surface area contributed by atoms with Crippen LogP contribution >= 0.6 is 0 Å². The molecule has 1 aromatic carbocycles. The van der Waals surface area contributed by atoms with E-state index in [1.54, 1.807) is 0 Å². The number of hydrogen-bond donors (Lipinski definition) is 0. The van der Waals surface area contributed by atoms with Crippen molar-refractivity contribution in [3.8, 4) is 0 Å². The molecule has 0 spiro atoms. The van der Waals surface area contributed by atoms with Crippen LogP contribution in [0.5, 0.6) is 0 Å². The lowest BCUT2D eigenvalue weighted by atomic mass is 10.2. The average Bonchev–Trinajstić information content (AvgIpc) is 2.65. The van der Waals surface area contributed by atoms with Crippen molar-refractivity contribution in [3.63, 3.8) is 0 Å². The van der Waals surface area contributed by atoms with E-state index in [-0.39, 0.29) is 0 Å². The highest BCUT2D eigenvalue weighted by Crippen LogP contribution is 2.24. The SMILES string of the molecule is CCO/C(=C\c1cn(C)c2ccccc12)O[Si](C)(C)C. The fourth-order valence-electron chi connectivity index (χ4n) is 2.16. The normalized spacial score (nSPS) is 12.8. The summed E-state index contributed by atoms with van der Waals surface area (Å²) in [6, 6.07) is 8.35. The van der Waals surface area contributed by atoms with Gasteiger partial charge in [0.2, 0.25) is 8.32 Å². The molecule has 1 aromatic heterocycles. The third-order valence-electron chi connectivity index (χ3n) is 2.89. The summed E-state index contributed by atoms with van der Waals surface area (Å²) in [7, 11) is 0.383.